The van der Waals surface area contributed by atoms with E-state index in [4.69, 9.17) is 4.74 Å². The van der Waals surface area contributed by atoms with Crippen LogP contribution < -0.4 is 10.6 Å². The Kier molecular flexibility index (Phi) is 7.37. The number of nitrogens with one attached hydrogen (secondary N) is 2. The summed E-state index contributed by atoms with van der Waals surface area (Å²) in [7, 11) is 1.73. The number of carbonyl (C=O) groups excluding carboxylic acids is 2. The van der Waals surface area contributed by atoms with Gasteiger partial charge in [0.1, 0.15) is 23.2 Å². The van der Waals surface area contributed by atoms with Crippen molar-refractivity contribution in [3.63, 3.8) is 0 Å². The lowest BCUT2D eigenvalue weighted by Gasteiger charge is -2.28. The Morgan fingerprint density at radius 2 is 1.84 bits per heavy atom. The molecule has 9 nitrogen and oxygen atoms in total. The summed E-state index contributed by atoms with van der Waals surface area (Å²) in [6.45, 7) is 5.37. The number of amides is 2. The number of nitrogens with zero attached hydrogens (tertiary/aromatic N) is 3. The minimum atomic E-state index is -0.703. The van der Waals surface area contributed by atoms with Crippen molar-refractivity contribution in [1.82, 2.24) is 20.1 Å². The van der Waals surface area contributed by atoms with Crippen LogP contribution in [-0.4, -0.2) is 43.5 Å². The van der Waals surface area contributed by atoms with Crippen molar-refractivity contribution in [3.05, 3.63) is 24.5 Å². The number of aromatic nitrogens is 3. The highest BCUT2D eigenvalue weighted by atomic mass is 16.6. The second kappa shape index (κ2) is 10.0. The number of hydrogen-bond donors (Lipinski definition) is 3. The molecule has 3 rings (SSSR count). The lowest BCUT2D eigenvalue weighted by molar-refractivity contribution is -0.119. The van der Waals surface area contributed by atoms with Gasteiger partial charge in [0, 0.05) is 18.8 Å². The van der Waals surface area contributed by atoms with Crippen molar-refractivity contribution in [1.29, 1.82) is 0 Å². The molecule has 2 heterocycles. The molecule has 3 N–H and O–H groups in total. The zero-order valence-electron chi connectivity index (χ0n) is 19.2. The number of anilines is 1. The molecule has 1 aliphatic carbocycles. The van der Waals surface area contributed by atoms with Crippen molar-refractivity contribution in [2.45, 2.75) is 70.9 Å². The lowest BCUT2D eigenvalue weighted by atomic mass is 9.91. The van der Waals surface area contributed by atoms with E-state index >= 15 is 0 Å². The van der Waals surface area contributed by atoms with E-state index in [0.29, 0.717) is 17.1 Å². The third-order valence-electron chi connectivity index (χ3n) is 5.53. The average molecular weight is 444 g/mol. The largest absolute Gasteiger partial charge is 0.504 e. The minimum Gasteiger partial charge on any atom is -0.504 e. The molecule has 0 aromatic carbocycles. The SMILES string of the molecule is Cn1ncc(O)c1-c1ccc(NC(=O)C(NC(=O)OC(C)(C)C)C2CCCCCC2)nc1. The van der Waals surface area contributed by atoms with Crippen LogP contribution in [0.25, 0.3) is 11.3 Å². The molecule has 2 aromatic rings. The molecule has 174 valence electrons. The molecule has 1 aliphatic rings. The van der Waals surface area contributed by atoms with Gasteiger partial charge in [0.15, 0.2) is 5.75 Å². The highest BCUT2D eigenvalue weighted by Crippen LogP contribution is 2.29. The first-order chi connectivity index (χ1) is 15.1. The smallest absolute Gasteiger partial charge is 0.408 e. The summed E-state index contributed by atoms with van der Waals surface area (Å²) in [5.74, 6) is 0.146. The monoisotopic (exact) mass is 443 g/mol. The molecule has 0 saturated heterocycles. The number of hydrogen-bond acceptors (Lipinski definition) is 6. The van der Waals surface area contributed by atoms with Gasteiger partial charge in [0.05, 0.1) is 6.20 Å². The molecule has 9 heteroatoms. The van der Waals surface area contributed by atoms with Gasteiger partial charge in [-0.05, 0) is 51.7 Å². The van der Waals surface area contributed by atoms with E-state index in [-0.39, 0.29) is 17.6 Å². The third-order valence-corrected chi connectivity index (χ3v) is 5.53. The highest BCUT2D eigenvalue weighted by molar-refractivity contribution is 5.96. The molecule has 1 fully saturated rings. The summed E-state index contributed by atoms with van der Waals surface area (Å²) >= 11 is 0. The molecule has 2 amide bonds. The van der Waals surface area contributed by atoms with E-state index in [1.807, 2.05) is 0 Å². The van der Waals surface area contributed by atoms with E-state index in [9.17, 15) is 14.7 Å². The Morgan fingerprint density at radius 3 is 2.38 bits per heavy atom. The fourth-order valence-electron chi connectivity index (χ4n) is 4.05. The van der Waals surface area contributed by atoms with Gasteiger partial charge in [-0.2, -0.15) is 5.10 Å². The van der Waals surface area contributed by atoms with Crippen LogP contribution in [0, 0.1) is 5.92 Å². The molecule has 2 aromatic heterocycles. The third kappa shape index (κ3) is 6.21. The van der Waals surface area contributed by atoms with E-state index in [2.05, 4.69) is 20.7 Å². The molecular weight excluding hydrogens is 410 g/mol. The summed E-state index contributed by atoms with van der Waals surface area (Å²) < 4.78 is 6.95. The van der Waals surface area contributed by atoms with Crippen molar-refractivity contribution in [2.75, 3.05) is 5.32 Å². The van der Waals surface area contributed by atoms with Crippen molar-refractivity contribution in [2.24, 2.45) is 13.0 Å². The van der Waals surface area contributed by atoms with E-state index in [1.165, 1.54) is 6.20 Å². The number of ether oxygens (including phenoxy) is 1. The van der Waals surface area contributed by atoms with Crippen LogP contribution in [0.2, 0.25) is 0 Å². The van der Waals surface area contributed by atoms with Crippen LogP contribution in [0.4, 0.5) is 10.6 Å². The quantitative estimate of drug-likeness (QED) is 0.601. The Balaban J connectivity index is 1.74. The van der Waals surface area contributed by atoms with Crippen LogP contribution >= 0.6 is 0 Å². The Hall–Kier alpha value is -3.10. The minimum absolute atomic E-state index is 0.0377. The number of aryl methyl sites for hydroxylation is 1. The van der Waals surface area contributed by atoms with Crippen LogP contribution in [0.1, 0.15) is 59.3 Å². The number of rotatable bonds is 5. The van der Waals surface area contributed by atoms with Gasteiger partial charge in [0.2, 0.25) is 5.91 Å². The topological polar surface area (TPSA) is 118 Å². The van der Waals surface area contributed by atoms with E-state index in [1.54, 1.807) is 50.8 Å². The first kappa shape index (κ1) is 23.6. The first-order valence-corrected chi connectivity index (χ1v) is 11.1. The maximum Gasteiger partial charge on any atom is 0.408 e. The Bertz CT molecular complexity index is 905. The van der Waals surface area contributed by atoms with Gasteiger partial charge in [-0.25, -0.2) is 9.78 Å². The van der Waals surface area contributed by atoms with Crippen LogP contribution in [-0.2, 0) is 16.6 Å². The second-order valence-corrected chi connectivity index (χ2v) is 9.30. The molecule has 1 atom stereocenters. The fraction of sp³-hybridized carbons (Fsp3) is 0.565. The fourth-order valence-corrected chi connectivity index (χ4v) is 4.05. The molecule has 1 saturated carbocycles. The van der Waals surface area contributed by atoms with Crippen molar-refractivity contribution < 1.29 is 19.4 Å². The Labute approximate surface area is 188 Å². The number of pyridine rings is 1. The van der Waals surface area contributed by atoms with E-state index < -0.39 is 17.7 Å². The summed E-state index contributed by atoms with van der Waals surface area (Å²) in [4.78, 5) is 29.9. The van der Waals surface area contributed by atoms with Gasteiger partial charge in [-0.15, -0.1) is 0 Å². The normalized spacial score (nSPS) is 16.1. The van der Waals surface area contributed by atoms with Gasteiger partial charge < -0.3 is 20.5 Å². The first-order valence-electron chi connectivity index (χ1n) is 11.1. The zero-order valence-corrected chi connectivity index (χ0v) is 19.2. The molecule has 1 unspecified atom stereocenters. The van der Waals surface area contributed by atoms with Gasteiger partial charge >= 0.3 is 6.09 Å². The predicted octanol–water partition coefficient (Wildman–Crippen LogP) is 3.99. The van der Waals surface area contributed by atoms with Crippen LogP contribution in [0.5, 0.6) is 5.75 Å². The van der Waals surface area contributed by atoms with Gasteiger partial charge in [0.25, 0.3) is 0 Å². The Morgan fingerprint density at radius 1 is 1.16 bits per heavy atom. The summed E-state index contributed by atoms with van der Waals surface area (Å²) in [6.07, 6.45) is 8.43. The average Bonchev–Trinajstić information content (AvgIpc) is 2.91. The van der Waals surface area contributed by atoms with Crippen LogP contribution in [0.3, 0.4) is 0 Å². The standard InChI is InChI=1S/C23H33N5O4/c1-23(2,3)32-22(31)27-19(15-9-7-5-6-8-10-15)21(30)26-18-12-11-16(13-24-18)20-17(29)14-25-28(20)4/h11-15,19,29H,5-10H2,1-4H3,(H,27,31)(H,24,26,30). The van der Waals surface area contributed by atoms with Crippen molar-refractivity contribution >= 4 is 17.8 Å². The number of aromatic hydroxyl groups is 1. The molecule has 0 spiro atoms. The molecular formula is C23H33N5O4. The summed E-state index contributed by atoms with van der Waals surface area (Å²) in [5.41, 5.74) is 0.564. The summed E-state index contributed by atoms with van der Waals surface area (Å²) in [5, 5.41) is 19.6. The number of alkyl carbamates (subject to hydrolysis) is 1. The second-order valence-electron chi connectivity index (χ2n) is 9.30. The lowest BCUT2D eigenvalue weighted by Crippen LogP contribution is -2.50. The molecule has 0 radical (unpaired) electrons. The maximum absolute atomic E-state index is 13.2. The van der Waals surface area contributed by atoms with Gasteiger partial charge in [-0.1, -0.05) is 25.7 Å². The van der Waals surface area contributed by atoms with Crippen LogP contribution in [0.15, 0.2) is 24.5 Å². The molecule has 32 heavy (non-hydrogen) atoms. The predicted molar refractivity (Wildman–Crippen MR) is 121 cm³/mol. The van der Waals surface area contributed by atoms with Gasteiger partial charge in [-0.3, -0.25) is 9.48 Å². The number of carbonyl (C=O) groups is 2. The van der Waals surface area contributed by atoms with Crippen molar-refractivity contribution in [3.8, 4) is 17.0 Å². The summed E-state index contributed by atoms with van der Waals surface area (Å²) in [6, 6.07) is 2.71. The van der Waals surface area contributed by atoms with E-state index in [0.717, 1.165) is 38.5 Å². The maximum atomic E-state index is 13.2. The zero-order chi connectivity index (χ0) is 23.3. The molecule has 0 bridgehead atoms. The molecule has 0 aliphatic heterocycles. The highest BCUT2D eigenvalue weighted by Gasteiger charge is 2.32.